The average molecular weight is 479 g/mol. The highest BCUT2D eigenvalue weighted by Gasteiger charge is 2.19. The Kier molecular flexibility index (Phi) is 8.55. The van der Waals surface area contributed by atoms with Crippen molar-refractivity contribution in [2.24, 2.45) is 0 Å². The fraction of sp³-hybridized carbons (Fsp3) is 0.360. The van der Waals surface area contributed by atoms with Crippen molar-refractivity contribution >= 4 is 23.4 Å². The first-order valence-electron chi connectivity index (χ1n) is 11.1. The van der Waals surface area contributed by atoms with Gasteiger partial charge in [0.15, 0.2) is 5.82 Å². The Labute approximate surface area is 204 Å². The molecular formula is C25H30N6O2S. The zero-order valence-electron chi connectivity index (χ0n) is 20.0. The number of benzene rings is 2. The molecule has 178 valence electrons. The van der Waals surface area contributed by atoms with Crippen LogP contribution in [0, 0.1) is 25.2 Å². The average Bonchev–Trinajstić information content (AvgIpc) is 3.15. The van der Waals surface area contributed by atoms with E-state index in [2.05, 4.69) is 30.1 Å². The number of nitriles is 1. The first kappa shape index (κ1) is 25.1. The molecule has 0 atom stereocenters. The summed E-state index contributed by atoms with van der Waals surface area (Å²) in [5.74, 6) is 7.77. The van der Waals surface area contributed by atoms with Crippen LogP contribution < -0.4 is 15.5 Å². The summed E-state index contributed by atoms with van der Waals surface area (Å²) in [6.07, 6.45) is 0.246. The van der Waals surface area contributed by atoms with E-state index in [0.29, 0.717) is 23.4 Å². The second-order valence-electron chi connectivity index (χ2n) is 8.37. The summed E-state index contributed by atoms with van der Waals surface area (Å²) in [5, 5.41) is 17.7. The minimum Gasteiger partial charge on any atom is -0.486 e. The van der Waals surface area contributed by atoms with Crippen molar-refractivity contribution in [3.63, 3.8) is 0 Å². The van der Waals surface area contributed by atoms with E-state index in [1.54, 1.807) is 4.90 Å². The maximum atomic E-state index is 13.0. The summed E-state index contributed by atoms with van der Waals surface area (Å²) >= 11 is 1.20. The van der Waals surface area contributed by atoms with Gasteiger partial charge in [-0.2, -0.15) is 5.26 Å². The maximum Gasteiger partial charge on any atom is 0.237 e. The molecule has 1 aromatic heterocycles. The number of nitrogens with two attached hydrogens (primary N) is 1. The monoisotopic (exact) mass is 478 g/mol. The van der Waals surface area contributed by atoms with Gasteiger partial charge in [-0.3, -0.25) is 4.79 Å². The quantitative estimate of drug-likeness (QED) is 0.341. The van der Waals surface area contributed by atoms with Crippen LogP contribution in [0.2, 0.25) is 0 Å². The molecule has 1 heterocycles. The molecule has 0 saturated carbocycles. The number of carbonyl (C=O) groups excluding carboxylic acids is 1. The van der Waals surface area contributed by atoms with Gasteiger partial charge in [0, 0.05) is 12.2 Å². The molecular weight excluding hydrogens is 448 g/mol. The summed E-state index contributed by atoms with van der Waals surface area (Å²) in [6, 6.07) is 16.0. The van der Waals surface area contributed by atoms with Gasteiger partial charge in [-0.25, -0.2) is 4.68 Å². The Morgan fingerprint density at radius 2 is 1.85 bits per heavy atom. The van der Waals surface area contributed by atoms with E-state index in [0.717, 1.165) is 22.6 Å². The molecule has 0 fully saturated rings. The highest BCUT2D eigenvalue weighted by atomic mass is 32.2. The van der Waals surface area contributed by atoms with E-state index in [4.69, 9.17) is 15.8 Å². The third kappa shape index (κ3) is 6.51. The van der Waals surface area contributed by atoms with E-state index >= 15 is 0 Å². The molecule has 8 nitrogen and oxygen atoms in total. The minimum atomic E-state index is -0.128. The molecule has 3 rings (SSSR count). The van der Waals surface area contributed by atoms with Gasteiger partial charge in [-0.15, -0.1) is 10.2 Å². The Morgan fingerprint density at radius 1 is 1.18 bits per heavy atom. The third-order valence-corrected chi connectivity index (χ3v) is 6.17. The number of rotatable bonds is 10. The number of nitrogens with zero attached hydrogens (tertiary/aromatic N) is 5. The Balaban J connectivity index is 1.62. The predicted molar refractivity (Wildman–Crippen MR) is 134 cm³/mol. The summed E-state index contributed by atoms with van der Waals surface area (Å²) in [5.41, 5.74) is 4.14. The van der Waals surface area contributed by atoms with Crippen LogP contribution in [0.1, 0.15) is 48.7 Å². The van der Waals surface area contributed by atoms with Gasteiger partial charge in [0.2, 0.25) is 11.1 Å². The SMILES string of the molecule is Cc1cc(C)cc(N(CCC#N)C(=O)CSc2nnc(COc3ccc(C(C)C)cc3)n2N)c1. The summed E-state index contributed by atoms with van der Waals surface area (Å²) < 4.78 is 7.14. The van der Waals surface area contributed by atoms with Gasteiger partial charge >= 0.3 is 0 Å². The van der Waals surface area contributed by atoms with Gasteiger partial charge in [0.05, 0.1) is 18.2 Å². The largest absolute Gasteiger partial charge is 0.486 e. The van der Waals surface area contributed by atoms with Gasteiger partial charge in [0.25, 0.3) is 0 Å². The zero-order valence-corrected chi connectivity index (χ0v) is 20.8. The lowest BCUT2D eigenvalue weighted by molar-refractivity contribution is -0.116. The van der Waals surface area contributed by atoms with Crippen molar-refractivity contribution < 1.29 is 9.53 Å². The number of amides is 1. The number of hydrogen-bond acceptors (Lipinski definition) is 7. The van der Waals surface area contributed by atoms with E-state index in [-0.39, 0.29) is 24.7 Å². The molecule has 0 unspecified atom stereocenters. The molecule has 0 bridgehead atoms. The van der Waals surface area contributed by atoms with Gasteiger partial charge in [-0.05, 0) is 60.7 Å². The number of ether oxygens (including phenoxy) is 1. The Hall–Kier alpha value is -3.51. The summed E-state index contributed by atoms with van der Waals surface area (Å²) in [6.45, 7) is 8.73. The number of hydrogen-bond donors (Lipinski definition) is 1. The maximum absolute atomic E-state index is 13.0. The van der Waals surface area contributed by atoms with E-state index in [1.807, 2.05) is 56.3 Å². The van der Waals surface area contributed by atoms with Crippen molar-refractivity contribution in [3.8, 4) is 11.8 Å². The molecule has 2 N–H and O–H groups in total. The number of nitrogen functional groups attached to an aromatic ring is 1. The molecule has 2 aromatic carbocycles. The van der Waals surface area contributed by atoms with Crippen molar-refractivity contribution in [2.75, 3.05) is 23.0 Å². The second kappa shape index (κ2) is 11.6. The smallest absolute Gasteiger partial charge is 0.237 e. The normalized spacial score (nSPS) is 10.8. The van der Waals surface area contributed by atoms with Crippen LogP contribution in [-0.4, -0.2) is 33.1 Å². The highest BCUT2D eigenvalue weighted by Crippen LogP contribution is 2.23. The zero-order chi connectivity index (χ0) is 24.7. The number of thioether (sulfide) groups is 1. The Bertz CT molecular complexity index is 1150. The first-order chi connectivity index (χ1) is 16.3. The van der Waals surface area contributed by atoms with Crippen molar-refractivity contribution in [1.82, 2.24) is 14.9 Å². The topological polar surface area (TPSA) is 110 Å². The minimum absolute atomic E-state index is 0.116. The van der Waals surface area contributed by atoms with Gasteiger partial charge in [0.1, 0.15) is 12.4 Å². The standard InChI is InChI=1S/C25H30N6O2S/c1-17(2)20-6-8-22(9-7-20)33-15-23-28-29-25(31(23)27)34-16-24(32)30(11-5-10-26)21-13-18(3)12-19(4)14-21/h6-9,12-14,17H,5,11,15-16,27H2,1-4H3. The number of carbonyl (C=O) groups is 1. The third-order valence-electron chi connectivity index (χ3n) is 5.24. The number of aryl methyl sites for hydroxylation is 2. The lowest BCUT2D eigenvalue weighted by atomic mass is 10.0. The van der Waals surface area contributed by atoms with E-state index < -0.39 is 0 Å². The molecule has 0 spiro atoms. The molecule has 9 heteroatoms. The number of anilines is 1. The van der Waals surface area contributed by atoms with Crippen LogP contribution in [0.5, 0.6) is 5.75 Å². The lowest BCUT2D eigenvalue weighted by Gasteiger charge is -2.22. The van der Waals surface area contributed by atoms with Crippen LogP contribution in [0.3, 0.4) is 0 Å². The van der Waals surface area contributed by atoms with Gasteiger partial charge in [-0.1, -0.05) is 43.8 Å². The molecule has 0 saturated heterocycles. The number of aromatic nitrogens is 3. The fourth-order valence-corrected chi connectivity index (χ4v) is 4.22. The Morgan fingerprint density at radius 3 is 2.47 bits per heavy atom. The first-order valence-corrected chi connectivity index (χ1v) is 12.1. The van der Waals surface area contributed by atoms with Gasteiger partial charge < -0.3 is 15.5 Å². The van der Waals surface area contributed by atoms with Crippen LogP contribution in [0.15, 0.2) is 47.6 Å². The van der Waals surface area contributed by atoms with Crippen LogP contribution in [-0.2, 0) is 11.4 Å². The van der Waals surface area contributed by atoms with Crippen molar-refractivity contribution in [2.45, 2.75) is 51.8 Å². The highest BCUT2D eigenvalue weighted by molar-refractivity contribution is 7.99. The fourth-order valence-electron chi connectivity index (χ4n) is 3.47. The molecule has 0 aliphatic carbocycles. The predicted octanol–water partition coefficient (Wildman–Crippen LogP) is 4.35. The molecule has 3 aromatic rings. The molecule has 0 radical (unpaired) electrons. The second-order valence-corrected chi connectivity index (χ2v) is 9.31. The van der Waals surface area contributed by atoms with E-state index in [9.17, 15) is 4.79 Å². The van der Waals surface area contributed by atoms with Crippen molar-refractivity contribution in [1.29, 1.82) is 5.26 Å². The van der Waals surface area contributed by atoms with Crippen LogP contribution in [0.25, 0.3) is 0 Å². The lowest BCUT2D eigenvalue weighted by Crippen LogP contribution is -2.33. The molecule has 34 heavy (non-hydrogen) atoms. The molecule has 0 aliphatic heterocycles. The summed E-state index contributed by atoms with van der Waals surface area (Å²) in [7, 11) is 0. The molecule has 0 aliphatic rings. The van der Waals surface area contributed by atoms with Crippen molar-refractivity contribution in [3.05, 3.63) is 65.0 Å². The molecule has 1 amide bonds. The summed E-state index contributed by atoms with van der Waals surface area (Å²) in [4.78, 5) is 14.7. The van der Waals surface area contributed by atoms with E-state index in [1.165, 1.54) is 22.0 Å². The van der Waals surface area contributed by atoms with Crippen LogP contribution in [0.4, 0.5) is 5.69 Å². The van der Waals surface area contributed by atoms with Crippen LogP contribution >= 0.6 is 11.8 Å².